The minimum absolute atomic E-state index is 0.267. The zero-order valence-corrected chi connectivity index (χ0v) is 11.2. The highest BCUT2D eigenvalue weighted by molar-refractivity contribution is 9.09. The Morgan fingerprint density at radius 2 is 1.88 bits per heavy atom. The van der Waals surface area contributed by atoms with E-state index in [4.69, 9.17) is 4.74 Å². The Labute approximate surface area is 110 Å². The summed E-state index contributed by atoms with van der Waals surface area (Å²) >= 11 is 3.50. The van der Waals surface area contributed by atoms with Crippen molar-refractivity contribution in [1.82, 2.24) is 0 Å². The maximum Gasteiger partial charge on any atom is 0.0836 e. The molecule has 1 nitrogen and oxygen atoms in total. The molecule has 1 fully saturated rings. The lowest BCUT2D eigenvalue weighted by Crippen LogP contribution is -2.07. The van der Waals surface area contributed by atoms with Crippen molar-refractivity contribution in [2.45, 2.75) is 25.0 Å². The van der Waals surface area contributed by atoms with E-state index in [1.807, 2.05) is 0 Å². The van der Waals surface area contributed by atoms with Crippen LogP contribution in [0.3, 0.4) is 0 Å². The summed E-state index contributed by atoms with van der Waals surface area (Å²) in [5, 5.41) is 3.57. The third-order valence-electron chi connectivity index (χ3n) is 3.45. The summed E-state index contributed by atoms with van der Waals surface area (Å²) in [6.07, 6.45) is 2.92. The van der Waals surface area contributed by atoms with Crippen LogP contribution in [-0.2, 0) is 4.74 Å². The van der Waals surface area contributed by atoms with Gasteiger partial charge in [-0.2, -0.15) is 0 Å². The van der Waals surface area contributed by atoms with Gasteiger partial charge in [-0.1, -0.05) is 58.4 Å². The maximum atomic E-state index is 6.06. The number of hydrogen-bond acceptors (Lipinski definition) is 1. The van der Waals surface area contributed by atoms with Crippen LogP contribution >= 0.6 is 15.9 Å². The lowest BCUT2D eigenvalue weighted by Gasteiger charge is -2.14. The van der Waals surface area contributed by atoms with Gasteiger partial charge in [-0.25, -0.2) is 0 Å². The van der Waals surface area contributed by atoms with E-state index in [9.17, 15) is 0 Å². The van der Waals surface area contributed by atoms with Gasteiger partial charge in [0.25, 0.3) is 0 Å². The van der Waals surface area contributed by atoms with Crippen LogP contribution in [0.4, 0.5) is 0 Å². The molecule has 17 heavy (non-hydrogen) atoms. The van der Waals surface area contributed by atoms with Crippen molar-refractivity contribution in [2.75, 3.05) is 5.33 Å². The summed E-state index contributed by atoms with van der Waals surface area (Å²) in [6.45, 7) is 0. The first-order valence-electron chi connectivity index (χ1n) is 6.07. The molecule has 2 atom stereocenters. The van der Waals surface area contributed by atoms with Crippen molar-refractivity contribution >= 4 is 26.7 Å². The van der Waals surface area contributed by atoms with E-state index in [2.05, 4.69) is 58.4 Å². The second-order valence-corrected chi connectivity index (χ2v) is 5.19. The molecule has 1 saturated heterocycles. The molecule has 88 valence electrons. The molecule has 0 amide bonds. The standard InChI is InChI=1S/C15H15BrO/c16-10-12-8-9-15(17-12)14-7-3-5-11-4-1-2-6-13(11)14/h1-7,12,15H,8-10H2/t12-,15-/m1/s1. The van der Waals surface area contributed by atoms with Crippen LogP contribution in [0.1, 0.15) is 24.5 Å². The molecular weight excluding hydrogens is 276 g/mol. The smallest absolute Gasteiger partial charge is 0.0836 e. The second kappa shape index (κ2) is 4.79. The quantitative estimate of drug-likeness (QED) is 0.742. The van der Waals surface area contributed by atoms with E-state index in [1.165, 1.54) is 16.3 Å². The van der Waals surface area contributed by atoms with Crippen LogP contribution in [0.15, 0.2) is 42.5 Å². The van der Waals surface area contributed by atoms with Crippen LogP contribution in [0.25, 0.3) is 10.8 Å². The minimum Gasteiger partial charge on any atom is -0.369 e. The zero-order chi connectivity index (χ0) is 11.7. The lowest BCUT2D eigenvalue weighted by molar-refractivity contribution is 0.0597. The molecule has 2 aromatic rings. The zero-order valence-electron chi connectivity index (χ0n) is 9.60. The average Bonchev–Trinajstić information content (AvgIpc) is 2.87. The first kappa shape index (κ1) is 11.2. The van der Waals surface area contributed by atoms with E-state index in [0.29, 0.717) is 6.10 Å². The molecule has 0 bridgehead atoms. The van der Waals surface area contributed by atoms with Crippen LogP contribution in [0.2, 0.25) is 0 Å². The first-order valence-corrected chi connectivity index (χ1v) is 7.19. The Bertz CT molecular complexity index is 518. The number of halogens is 1. The van der Waals surface area contributed by atoms with Crippen LogP contribution in [-0.4, -0.2) is 11.4 Å². The van der Waals surface area contributed by atoms with E-state index in [0.717, 1.165) is 18.2 Å². The van der Waals surface area contributed by atoms with Gasteiger partial charge < -0.3 is 4.74 Å². The number of benzene rings is 2. The number of hydrogen-bond donors (Lipinski definition) is 0. The van der Waals surface area contributed by atoms with Crippen molar-refractivity contribution in [3.05, 3.63) is 48.0 Å². The minimum atomic E-state index is 0.267. The Balaban J connectivity index is 2.00. The van der Waals surface area contributed by atoms with Gasteiger partial charge in [0.15, 0.2) is 0 Å². The van der Waals surface area contributed by atoms with Crippen molar-refractivity contribution in [3.63, 3.8) is 0 Å². The van der Waals surface area contributed by atoms with Crippen LogP contribution < -0.4 is 0 Å². The molecule has 0 aliphatic carbocycles. The molecule has 0 saturated carbocycles. The summed E-state index contributed by atoms with van der Waals surface area (Å²) in [5.74, 6) is 0. The summed E-state index contributed by atoms with van der Waals surface area (Å²) in [6, 6.07) is 15.0. The van der Waals surface area contributed by atoms with Crippen molar-refractivity contribution in [3.8, 4) is 0 Å². The van der Waals surface area contributed by atoms with Gasteiger partial charge in [-0.3, -0.25) is 0 Å². The fraction of sp³-hybridized carbons (Fsp3) is 0.333. The van der Waals surface area contributed by atoms with Gasteiger partial charge >= 0.3 is 0 Å². The molecule has 0 spiro atoms. The van der Waals surface area contributed by atoms with Crippen molar-refractivity contribution in [2.24, 2.45) is 0 Å². The van der Waals surface area contributed by atoms with E-state index in [1.54, 1.807) is 0 Å². The summed E-state index contributed by atoms with van der Waals surface area (Å²) in [5.41, 5.74) is 1.34. The number of ether oxygens (including phenoxy) is 1. The Kier molecular flexibility index (Phi) is 3.17. The topological polar surface area (TPSA) is 9.23 Å². The third kappa shape index (κ3) is 2.12. The van der Waals surface area contributed by atoms with E-state index in [-0.39, 0.29) is 6.10 Å². The van der Waals surface area contributed by atoms with Gasteiger partial charge in [-0.15, -0.1) is 0 Å². The lowest BCUT2D eigenvalue weighted by atomic mass is 9.99. The first-order chi connectivity index (χ1) is 8.38. The van der Waals surface area contributed by atoms with E-state index < -0.39 is 0 Å². The van der Waals surface area contributed by atoms with Crippen molar-refractivity contribution in [1.29, 1.82) is 0 Å². The molecule has 2 heteroatoms. The molecule has 1 aliphatic heterocycles. The fourth-order valence-corrected chi connectivity index (χ4v) is 3.06. The van der Waals surface area contributed by atoms with Gasteiger partial charge in [0.1, 0.15) is 0 Å². The maximum absolute atomic E-state index is 6.06. The SMILES string of the molecule is BrC[C@H]1CC[C@H](c2cccc3ccccc23)O1. The molecule has 2 aromatic carbocycles. The summed E-state index contributed by atoms with van der Waals surface area (Å²) < 4.78 is 6.06. The highest BCUT2D eigenvalue weighted by Crippen LogP contribution is 2.36. The second-order valence-electron chi connectivity index (χ2n) is 4.55. The molecule has 0 aromatic heterocycles. The number of fused-ring (bicyclic) bond motifs is 1. The average molecular weight is 291 g/mol. The molecular formula is C15H15BrO. The van der Waals surface area contributed by atoms with Crippen molar-refractivity contribution < 1.29 is 4.74 Å². The van der Waals surface area contributed by atoms with Gasteiger partial charge in [0.05, 0.1) is 12.2 Å². The Morgan fingerprint density at radius 1 is 1.06 bits per heavy atom. The Morgan fingerprint density at radius 3 is 2.71 bits per heavy atom. The van der Waals surface area contributed by atoms with Gasteiger partial charge in [0.2, 0.25) is 0 Å². The van der Waals surface area contributed by atoms with Crippen LogP contribution in [0.5, 0.6) is 0 Å². The predicted molar refractivity (Wildman–Crippen MR) is 74.6 cm³/mol. The summed E-state index contributed by atoms with van der Waals surface area (Å²) in [7, 11) is 0. The Hall–Kier alpha value is -0.860. The normalized spacial score (nSPS) is 24.3. The highest BCUT2D eigenvalue weighted by atomic mass is 79.9. The molecule has 0 unspecified atom stereocenters. The van der Waals surface area contributed by atoms with Gasteiger partial charge in [0, 0.05) is 5.33 Å². The largest absolute Gasteiger partial charge is 0.369 e. The van der Waals surface area contributed by atoms with E-state index >= 15 is 0 Å². The molecule has 3 rings (SSSR count). The monoisotopic (exact) mass is 290 g/mol. The van der Waals surface area contributed by atoms with Crippen LogP contribution in [0, 0.1) is 0 Å². The number of alkyl halides is 1. The molecule has 0 radical (unpaired) electrons. The highest BCUT2D eigenvalue weighted by Gasteiger charge is 2.26. The third-order valence-corrected chi connectivity index (χ3v) is 4.17. The number of rotatable bonds is 2. The predicted octanol–water partition coefficient (Wildman–Crippen LogP) is 4.45. The summed E-state index contributed by atoms with van der Waals surface area (Å²) in [4.78, 5) is 0. The molecule has 1 aliphatic rings. The van der Waals surface area contributed by atoms with Gasteiger partial charge in [-0.05, 0) is 29.2 Å². The molecule has 1 heterocycles. The fourth-order valence-electron chi connectivity index (χ4n) is 2.58. The molecule has 0 N–H and O–H groups in total.